The monoisotopic (exact) mass is 266 g/mol. The van der Waals surface area contributed by atoms with E-state index in [1.807, 2.05) is 6.92 Å². The van der Waals surface area contributed by atoms with Crippen LogP contribution >= 0.6 is 11.5 Å². The van der Waals surface area contributed by atoms with Crippen molar-refractivity contribution in [2.45, 2.75) is 45.2 Å². The topological polar surface area (TPSA) is 42.9 Å². The van der Waals surface area contributed by atoms with Gasteiger partial charge in [-0.25, -0.2) is 0 Å². The normalized spacial score (nSPS) is 11.8. The Hall–Kier alpha value is -0.980. The zero-order valence-corrected chi connectivity index (χ0v) is 10.2. The van der Waals surface area contributed by atoms with Crippen molar-refractivity contribution in [2.75, 3.05) is 0 Å². The van der Waals surface area contributed by atoms with E-state index in [9.17, 15) is 18.0 Å². The van der Waals surface area contributed by atoms with Gasteiger partial charge < -0.3 is 0 Å². The minimum atomic E-state index is -4.20. The molecule has 0 aliphatic rings. The van der Waals surface area contributed by atoms with E-state index in [1.54, 1.807) is 0 Å². The number of hydrogen-bond donors (Lipinski definition) is 0. The van der Waals surface area contributed by atoms with Gasteiger partial charge in [-0.2, -0.15) is 13.2 Å². The molecule has 1 aromatic heterocycles. The Bertz CT molecular complexity index is 376. The molecule has 0 N–H and O–H groups in total. The van der Waals surface area contributed by atoms with E-state index in [4.69, 9.17) is 0 Å². The molecule has 0 aliphatic carbocycles. The SMILES string of the molecule is CCCc1nnsc1C(=O)CCCC(F)(F)F. The van der Waals surface area contributed by atoms with E-state index in [2.05, 4.69) is 9.59 Å². The van der Waals surface area contributed by atoms with Crippen LogP contribution in [-0.2, 0) is 6.42 Å². The maximum absolute atomic E-state index is 11.9. The van der Waals surface area contributed by atoms with E-state index in [1.165, 1.54) is 0 Å². The summed E-state index contributed by atoms with van der Waals surface area (Å²) < 4.78 is 39.4. The number of Topliss-reactive ketones (excluding diaryl/α,β-unsaturated/α-hetero) is 1. The van der Waals surface area contributed by atoms with Gasteiger partial charge in [0.1, 0.15) is 4.88 Å². The molecule has 1 rings (SSSR count). The van der Waals surface area contributed by atoms with Crippen molar-refractivity contribution >= 4 is 17.3 Å². The number of carbonyl (C=O) groups excluding carboxylic acids is 1. The molecule has 0 saturated carbocycles. The van der Waals surface area contributed by atoms with Crippen LogP contribution in [0.5, 0.6) is 0 Å². The van der Waals surface area contributed by atoms with Crippen LogP contribution in [-0.4, -0.2) is 21.5 Å². The fourth-order valence-electron chi connectivity index (χ4n) is 1.38. The summed E-state index contributed by atoms with van der Waals surface area (Å²) in [5.41, 5.74) is 0.606. The van der Waals surface area contributed by atoms with Gasteiger partial charge in [-0.1, -0.05) is 17.8 Å². The maximum Gasteiger partial charge on any atom is 0.389 e. The summed E-state index contributed by atoms with van der Waals surface area (Å²) in [7, 11) is 0. The summed E-state index contributed by atoms with van der Waals surface area (Å²) in [5.74, 6) is -0.285. The summed E-state index contributed by atoms with van der Waals surface area (Å²) in [6, 6.07) is 0. The summed E-state index contributed by atoms with van der Waals surface area (Å²) in [6.07, 6.45) is -3.93. The molecule has 1 heterocycles. The highest BCUT2D eigenvalue weighted by Crippen LogP contribution is 2.23. The van der Waals surface area contributed by atoms with Crippen LogP contribution in [0.3, 0.4) is 0 Å². The highest BCUT2D eigenvalue weighted by molar-refractivity contribution is 7.08. The molecule has 1 aromatic rings. The van der Waals surface area contributed by atoms with Gasteiger partial charge in [0, 0.05) is 12.8 Å². The molecule has 0 aromatic carbocycles. The van der Waals surface area contributed by atoms with Gasteiger partial charge in [0.25, 0.3) is 0 Å². The van der Waals surface area contributed by atoms with E-state index >= 15 is 0 Å². The highest BCUT2D eigenvalue weighted by atomic mass is 32.1. The van der Waals surface area contributed by atoms with Crippen LogP contribution in [0.1, 0.15) is 48.0 Å². The molecule has 0 spiro atoms. The number of hydrogen-bond acceptors (Lipinski definition) is 4. The summed E-state index contributed by atoms with van der Waals surface area (Å²) in [6.45, 7) is 1.94. The standard InChI is InChI=1S/C10H13F3N2OS/c1-2-4-7-9(17-15-14-7)8(16)5-3-6-10(11,12)13/h2-6H2,1H3. The molecule has 0 fully saturated rings. The predicted octanol–water partition coefficient (Wildman–Crippen LogP) is 3.41. The van der Waals surface area contributed by atoms with E-state index in [-0.39, 0.29) is 18.6 Å². The third kappa shape index (κ3) is 4.80. The third-order valence-electron chi connectivity index (χ3n) is 2.16. The number of carbonyl (C=O) groups is 1. The Kier molecular flexibility index (Phi) is 5.04. The van der Waals surface area contributed by atoms with Crippen molar-refractivity contribution in [3.63, 3.8) is 0 Å². The van der Waals surface area contributed by atoms with E-state index in [0.29, 0.717) is 17.0 Å². The average molecular weight is 266 g/mol. The van der Waals surface area contributed by atoms with Crippen LogP contribution in [0, 0.1) is 0 Å². The van der Waals surface area contributed by atoms with Crippen molar-refractivity contribution in [1.82, 2.24) is 9.59 Å². The predicted molar refractivity (Wildman–Crippen MR) is 58.1 cm³/mol. The first-order valence-corrected chi connectivity index (χ1v) is 6.12. The third-order valence-corrected chi connectivity index (χ3v) is 2.97. The number of aromatic nitrogens is 2. The minimum absolute atomic E-state index is 0.0971. The lowest BCUT2D eigenvalue weighted by Gasteiger charge is -2.04. The fraction of sp³-hybridized carbons (Fsp3) is 0.700. The summed E-state index contributed by atoms with van der Waals surface area (Å²) in [5, 5.41) is 3.81. The lowest BCUT2D eigenvalue weighted by Crippen LogP contribution is -2.08. The largest absolute Gasteiger partial charge is 0.389 e. The van der Waals surface area contributed by atoms with Gasteiger partial charge in [-0.05, 0) is 24.4 Å². The first-order valence-electron chi connectivity index (χ1n) is 5.35. The molecule has 0 radical (unpaired) electrons. The first-order chi connectivity index (χ1) is 7.94. The lowest BCUT2D eigenvalue weighted by molar-refractivity contribution is -0.135. The second-order valence-corrected chi connectivity index (χ2v) is 4.44. The molecule has 0 saturated heterocycles. The summed E-state index contributed by atoms with van der Waals surface area (Å²) >= 11 is 0.964. The Labute approximate surface area is 101 Å². The van der Waals surface area contributed by atoms with Crippen molar-refractivity contribution < 1.29 is 18.0 Å². The average Bonchev–Trinajstić information content (AvgIpc) is 2.64. The number of nitrogens with zero attached hydrogens (tertiary/aromatic N) is 2. The second-order valence-electron chi connectivity index (χ2n) is 3.69. The van der Waals surface area contributed by atoms with Crippen molar-refractivity contribution in [3.8, 4) is 0 Å². The fourth-order valence-corrected chi connectivity index (χ4v) is 2.06. The molecule has 0 aliphatic heterocycles. The molecule has 3 nitrogen and oxygen atoms in total. The molecular weight excluding hydrogens is 253 g/mol. The van der Waals surface area contributed by atoms with Gasteiger partial charge in [-0.15, -0.1) is 5.10 Å². The second kappa shape index (κ2) is 6.09. The van der Waals surface area contributed by atoms with Crippen LogP contribution in [0.4, 0.5) is 13.2 Å². The lowest BCUT2D eigenvalue weighted by atomic mass is 10.1. The Morgan fingerprint density at radius 1 is 1.41 bits per heavy atom. The maximum atomic E-state index is 11.9. The van der Waals surface area contributed by atoms with Crippen LogP contribution in [0.2, 0.25) is 0 Å². The number of halogens is 3. The van der Waals surface area contributed by atoms with E-state index in [0.717, 1.165) is 18.0 Å². The van der Waals surface area contributed by atoms with Crippen LogP contribution in [0.25, 0.3) is 0 Å². The van der Waals surface area contributed by atoms with Gasteiger partial charge in [0.2, 0.25) is 0 Å². The molecule has 17 heavy (non-hydrogen) atoms. The van der Waals surface area contributed by atoms with Crippen molar-refractivity contribution in [3.05, 3.63) is 10.6 Å². The Morgan fingerprint density at radius 2 is 2.12 bits per heavy atom. The number of alkyl halides is 3. The molecule has 7 heteroatoms. The molecule has 0 amide bonds. The smallest absolute Gasteiger partial charge is 0.293 e. The van der Waals surface area contributed by atoms with Crippen LogP contribution < -0.4 is 0 Å². The van der Waals surface area contributed by atoms with Gasteiger partial charge in [-0.3, -0.25) is 4.79 Å². The van der Waals surface area contributed by atoms with Gasteiger partial charge in [0.15, 0.2) is 5.78 Å². The van der Waals surface area contributed by atoms with Crippen LogP contribution in [0.15, 0.2) is 0 Å². The van der Waals surface area contributed by atoms with Gasteiger partial charge >= 0.3 is 6.18 Å². The number of aryl methyl sites for hydroxylation is 1. The summed E-state index contributed by atoms with van der Waals surface area (Å²) in [4.78, 5) is 12.1. The molecule has 0 bridgehead atoms. The zero-order chi connectivity index (χ0) is 12.9. The number of ketones is 1. The quantitative estimate of drug-likeness (QED) is 0.741. The van der Waals surface area contributed by atoms with Gasteiger partial charge in [0.05, 0.1) is 5.69 Å². The molecule has 96 valence electrons. The molecular formula is C10H13F3N2OS. The van der Waals surface area contributed by atoms with Crippen molar-refractivity contribution in [2.24, 2.45) is 0 Å². The minimum Gasteiger partial charge on any atom is -0.293 e. The Balaban J connectivity index is 2.49. The Morgan fingerprint density at radius 3 is 2.71 bits per heavy atom. The van der Waals surface area contributed by atoms with Crippen molar-refractivity contribution in [1.29, 1.82) is 0 Å². The highest BCUT2D eigenvalue weighted by Gasteiger charge is 2.27. The molecule has 0 unspecified atom stereocenters. The van der Waals surface area contributed by atoms with E-state index < -0.39 is 12.6 Å². The zero-order valence-electron chi connectivity index (χ0n) is 9.38. The first kappa shape index (κ1) is 14.1. The molecule has 0 atom stereocenters. The number of rotatable bonds is 6.